The second kappa shape index (κ2) is 4.04. The minimum atomic E-state index is -0.303. The first-order chi connectivity index (χ1) is 5.24. The van der Waals surface area contributed by atoms with E-state index in [1.165, 1.54) is 0 Å². The Hall–Kier alpha value is -0.120. The molecule has 1 rings (SSSR count). The predicted octanol–water partition coefficient (Wildman–Crippen LogP) is 0.172. The van der Waals surface area contributed by atoms with Crippen LogP contribution in [-0.2, 0) is 0 Å². The molecule has 1 atom stereocenters. The maximum atomic E-state index is 9.41. The second-order valence-electron chi connectivity index (χ2n) is 3.16. The van der Waals surface area contributed by atoms with Gasteiger partial charge in [-0.3, -0.25) is 4.90 Å². The second-order valence-corrected chi connectivity index (χ2v) is 3.16. The average Bonchev–Trinajstić information content (AvgIpc) is 2.05. The highest BCUT2D eigenvalue weighted by molar-refractivity contribution is 4.72. The normalized spacial score (nSPS) is 25.4. The van der Waals surface area contributed by atoms with Crippen molar-refractivity contribution < 1.29 is 10.2 Å². The van der Waals surface area contributed by atoms with Crippen LogP contribution in [0.25, 0.3) is 0 Å². The van der Waals surface area contributed by atoms with E-state index in [1.54, 1.807) is 0 Å². The van der Waals surface area contributed by atoms with Crippen molar-refractivity contribution in [2.24, 2.45) is 0 Å². The van der Waals surface area contributed by atoms with Gasteiger partial charge >= 0.3 is 0 Å². The molecule has 0 saturated carbocycles. The summed E-state index contributed by atoms with van der Waals surface area (Å²) in [4.78, 5) is 2.02. The quantitative estimate of drug-likeness (QED) is 0.603. The molecule has 0 aromatic heterocycles. The highest BCUT2D eigenvalue weighted by Gasteiger charge is 2.20. The molecule has 3 nitrogen and oxygen atoms in total. The van der Waals surface area contributed by atoms with E-state index in [9.17, 15) is 10.2 Å². The Morgan fingerprint density at radius 1 is 1.45 bits per heavy atom. The van der Waals surface area contributed by atoms with E-state index in [1.807, 2.05) is 11.8 Å². The molecule has 0 radical (unpaired) electrons. The summed E-state index contributed by atoms with van der Waals surface area (Å²) in [5.41, 5.74) is 0. The Bertz CT molecular complexity index is 111. The lowest BCUT2D eigenvalue weighted by Gasteiger charge is -2.32. The van der Waals surface area contributed by atoms with Crippen molar-refractivity contribution in [1.29, 1.82) is 0 Å². The van der Waals surface area contributed by atoms with Crippen LogP contribution in [0.15, 0.2) is 0 Å². The van der Waals surface area contributed by atoms with Crippen LogP contribution in [0.4, 0.5) is 0 Å². The van der Waals surface area contributed by atoms with Gasteiger partial charge in [-0.1, -0.05) is 6.92 Å². The third-order valence-electron chi connectivity index (χ3n) is 2.29. The third kappa shape index (κ3) is 2.43. The molecule has 1 fully saturated rings. The molecule has 0 spiro atoms. The number of nitrogens with zero attached hydrogens (tertiary/aromatic N) is 1. The summed E-state index contributed by atoms with van der Waals surface area (Å²) in [5.74, 6) is 0. The lowest BCUT2D eigenvalue weighted by atomic mass is 10.1. The molecule has 0 aromatic rings. The Balaban J connectivity index is 2.27. The topological polar surface area (TPSA) is 43.7 Å². The molecule has 1 unspecified atom stereocenters. The van der Waals surface area contributed by atoms with Crippen LogP contribution in [0.3, 0.4) is 0 Å². The molecule has 0 amide bonds. The van der Waals surface area contributed by atoms with E-state index < -0.39 is 0 Å². The molecule has 1 heterocycles. The van der Waals surface area contributed by atoms with Crippen LogP contribution in [0, 0.1) is 0 Å². The fraction of sp³-hybridized carbons (Fsp3) is 1.00. The predicted molar refractivity (Wildman–Crippen MR) is 43.1 cm³/mol. The number of hydrogen-bond acceptors (Lipinski definition) is 3. The molecule has 0 bridgehead atoms. The van der Waals surface area contributed by atoms with E-state index in [0.717, 1.165) is 32.4 Å². The van der Waals surface area contributed by atoms with Crippen LogP contribution >= 0.6 is 0 Å². The monoisotopic (exact) mass is 159 g/mol. The number of piperidine rings is 1. The molecule has 1 saturated heterocycles. The smallest absolute Gasteiger partial charge is 0.107 e. The largest absolute Gasteiger partial charge is 0.393 e. The fourth-order valence-electron chi connectivity index (χ4n) is 1.44. The zero-order valence-electron chi connectivity index (χ0n) is 7.03. The van der Waals surface area contributed by atoms with Gasteiger partial charge in [-0.05, 0) is 19.3 Å². The van der Waals surface area contributed by atoms with Crippen LogP contribution in [-0.4, -0.2) is 40.5 Å². The maximum Gasteiger partial charge on any atom is 0.107 e. The average molecular weight is 159 g/mol. The number of rotatable bonds is 2. The van der Waals surface area contributed by atoms with Crippen LogP contribution in [0.5, 0.6) is 0 Å². The highest BCUT2D eigenvalue weighted by Crippen LogP contribution is 2.12. The summed E-state index contributed by atoms with van der Waals surface area (Å²) in [7, 11) is 0. The number of aliphatic hydroxyl groups excluding tert-OH is 2. The molecule has 0 aromatic carbocycles. The first-order valence-electron chi connectivity index (χ1n) is 4.34. The van der Waals surface area contributed by atoms with Gasteiger partial charge in [-0.15, -0.1) is 0 Å². The molecule has 1 aliphatic heterocycles. The van der Waals surface area contributed by atoms with Crippen molar-refractivity contribution in [2.75, 3.05) is 13.1 Å². The first kappa shape index (κ1) is 8.97. The van der Waals surface area contributed by atoms with Crippen LogP contribution < -0.4 is 0 Å². The third-order valence-corrected chi connectivity index (χ3v) is 2.29. The summed E-state index contributed by atoms with van der Waals surface area (Å²) in [5, 5.41) is 18.6. The molecule has 2 N–H and O–H groups in total. The first-order valence-corrected chi connectivity index (χ1v) is 4.34. The molecule has 0 aliphatic carbocycles. The summed E-state index contributed by atoms with van der Waals surface area (Å²) >= 11 is 0. The molecular weight excluding hydrogens is 142 g/mol. The van der Waals surface area contributed by atoms with Crippen molar-refractivity contribution in [2.45, 2.75) is 38.5 Å². The molecular formula is C8H17NO2. The highest BCUT2D eigenvalue weighted by atomic mass is 16.3. The Morgan fingerprint density at radius 2 is 2.00 bits per heavy atom. The van der Waals surface area contributed by atoms with Crippen molar-refractivity contribution in [3.63, 3.8) is 0 Å². The zero-order chi connectivity index (χ0) is 8.27. The lowest BCUT2D eigenvalue weighted by Crippen LogP contribution is -2.42. The van der Waals surface area contributed by atoms with Gasteiger partial charge in [0.15, 0.2) is 0 Å². The summed E-state index contributed by atoms with van der Waals surface area (Å²) in [6, 6.07) is 0. The fourth-order valence-corrected chi connectivity index (χ4v) is 1.44. The van der Waals surface area contributed by atoms with Gasteiger partial charge in [0.1, 0.15) is 6.23 Å². The van der Waals surface area contributed by atoms with Crippen molar-refractivity contribution >= 4 is 0 Å². The van der Waals surface area contributed by atoms with E-state index in [-0.39, 0.29) is 12.3 Å². The minimum Gasteiger partial charge on any atom is -0.393 e. The molecule has 11 heavy (non-hydrogen) atoms. The number of hydrogen-bond donors (Lipinski definition) is 2. The van der Waals surface area contributed by atoms with Gasteiger partial charge in [0.2, 0.25) is 0 Å². The standard InChI is InChI=1S/C8H17NO2/c1-2-8(11)9-5-3-7(10)4-6-9/h7-8,10-11H,2-6H2,1H3. The summed E-state index contributed by atoms with van der Waals surface area (Å²) < 4.78 is 0. The van der Waals surface area contributed by atoms with E-state index in [2.05, 4.69) is 0 Å². The van der Waals surface area contributed by atoms with E-state index in [4.69, 9.17) is 0 Å². The van der Waals surface area contributed by atoms with Crippen LogP contribution in [0.1, 0.15) is 26.2 Å². The van der Waals surface area contributed by atoms with Crippen molar-refractivity contribution in [1.82, 2.24) is 4.90 Å². The summed E-state index contributed by atoms with van der Waals surface area (Å²) in [6.45, 7) is 3.63. The minimum absolute atomic E-state index is 0.143. The molecule has 66 valence electrons. The van der Waals surface area contributed by atoms with Gasteiger partial charge in [0.05, 0.1) is 6.10 Å². The maximum absolute atomic E-state index is 9.41. The van der Waals surface area contributed by atoms with E-state index >= 15 is 0 Å². The number of aliphatic hydroxyl groups is 2. The number of likely N-dealkylation sites (tertiary alicyclic amines) is 1. The van der Waals surface area contributed by atoms with Gasteiger partial charge < -0.3 is 10.2 Å². The van der Waals surface area contributed by atoms with E-state index in [0.29, 0.717) is 0 Å². The van der Waals surface area contributed by atoms with Gasteiger partial charge in [0, 0.05) is 13.1 Å². The Morgan fingerprint density at radius 3 is 2.45 bits per heavy atom. The molecule has 1 aliphatic rings. The zero-order valence-corrected chi connectivity index (χ0v) is 7.03. The van der Waals surface area contributed by atoms with Gasteiger partial charge in [0.25, 0.3) is 0 Å². The van der Waals surface area contributed by atoms with Gasteiger partial charge in [-0.2, -0.15) is 0 Å². The lowest BCUT2D eigenvalue weighted by molar-refractivity contribution is -0.0339. The van der Waals surface area contributed by atoms with Gasteiger partial charge in [-0.25, -0.2) is 0 Å². The Labute approximate surface area is 67.6 Å². The van der Waals surface area contributed by atoms with Crippen molar-refractivity contribution in [3.05, 3.63) is 0 Å². The summed E-state index contributed by atoms with van der Waals surface area (Å²) in [6.07, 6.45) is 1.93. The Kier molecular flexibility index (Phi) is 3.30. The van der Waals surface area contributed by atoms with Crippen LogP contribution in [0.2, 0.25) is 0 Å². The van der Waals surface area contributed by atoms with Crippen molar-refractivity contribution in [3.8, 4) is 0 Å². The SMILES string of the molecule is CCC(O)N1CCC(O)CC1. The molecule has 3 heteroatoms.